The molecule has 2 heterocycles. The third-order valence-corrected chi connectivity index (χ3v) is 3.01. The summed E-state index contributed by atoms with van der Waals surface area (Å²) in [5.41, 5.74) is 2.07. The summed E-state index contributed by atoms with van der Waals surface area (Å²) >= 11 is 6.09. The van der Waals surface area contributed by atoms with Gasteiger partial charge in [0.2, 0.25) is 0 Å². The Balaban J connectivity index is 2.39. The van der Waals surface area contributed by atoms with E-state index in [9.17, 15) is 5.11 Å². The topological polar surface area (TPSA) is 50.9 Å². The van der Waals surface area contributed by atoms with Crippen LogP contribution in [0.5, 0.6) is 0 Å². The van der Waals surface area contributed by atoms with Crippen molar-refractivity contribution in [1.29, 1.82) is 0 Å². The quantitative estimate of drug-likeness (QED) is 0.925. The van der Waals surface area contributed by atoms with E-state index in [1.54, 1.807) is 16.9 Å². The lowest BCUT2D eigenvalue weighted by Gasteiger charge is -2.13. The van der Waals surface area contributed by atoms with Crippen molar-refractivity contribution in [3.05, 3.63) is 46.5 Å². The molecule has 0 aliphatic rings. The molecule has 2 aromatic rings. The molecule has 0 aromatic carbocycles. The number of aromatic nitrogens is 3. The van der Waals surface area contributed by atoms with Gasteiger partial charge in [-0.15, -0.1) is 0 Å². The van der Waals surface area contributed by atoms with E-state index >= 15 is 0 Å². The van der Waals surface area contributed by atoms with Gasteiger partial charge < -0.3 is 5.11 Å². The Hall–Kier alpha value is -1.39. The highest BCUT2D eigenvalue weighted by Crippen LogP contribution is 2.27. The van der Waals surface area contributed by atoms with Crippen LogP contribution in [-0.4, -0.2) is 19.9 Å². The zero-order valence-corrected chi connectivity index (χ0v) is 11.2. The number of halogens is 1. The molecule has 0 bridgehead atoms. The molecule has 1 N–H and O–H groups in total. The van der Waals surface area contributed by atoms with E-state index in [1.807, 2.05) is 19.1 Å². The summed E-state index contributed by atoms with van der Waals surface area (Å²) in [6.45, 7) is 4.67. The molecule has 0 aliphatic heterocycles. The summed E-state index contributed by atoms with van der Waals surface area (Å²) in [4.78, 5) is 4.32. The Morgan fingerprint density at radius 1 is 1.44 bits per heavy atom. The Morgan fingerprint density at radius 3 is 2.89 bits per heavy atom. The Bertz CT molecular complexity index is 539. The van der Waals surface area contributed by atoms with Gasteiger partial charge in [0, 0.05) is 12.2 Å². The zero-order valence-electron chi connectivity index (χ0n) is 10.5. The van der Waals surface area contributed by atoms with E-state index in [2.05, 4.69) is 17.0 Å². The van der Waals surface area contributed by atoms with Crippen LogP contribution in [0, 0.1) is 6.92 Å². The lowest BCUT2D eigenvalue weighted by atomic mass is 10.1. The third kappa shape index (κ3) is 2.54. The van der Waals surface area contributed by atoms with Crippen molar-refractivity contribution in [2.45, 2.75) is 32.9 Å². The van der Waals surface area contributed by atoms with Crippen LogP contribution in [0.4, 0.5) is 0 Å². The molecule has 96 valence electrons. The molecule has 2 rings (SSSR count). The summed E-state index contributed by atoms with van der Waals surface area (Å²) in [6, 6.07) is 5.55. The normalized spacial score (nSPS) is 12.7. The van der Waals surface area contributed by atoms with Crippen LogP contribution in [-0.2, 0) is 6.54 Å². The molecule has 0 radical (unpaired) electrons. The summed E-state index contributed by atoms with van der Waals surface area (Å²) < 4.78 is 1.73. The predicted molar refractivity (Wildman–Crippen MR) is 70.6 cm³/mol. The maximum Gasteiger partial charge on any atom is 0.139 e. The lowest BCUT2D eigenvalue weighted by Crippen LogP contribution is -2.12. The lowest BCUT2D eigenvalue weighted by molar-refractivity contribution is 0.202. The smallest absolute Gasteiger partial charge is 0.139 e. The van der Waals surface area contributed by atoms with Gasteiger partial charge in [0.05, 0.1) is 22.6 Å². The Kier molecular flexibility index (Phi) is 3.99. The molecule has 1 atom stereocenters. The van der Waals surface area contributed by atoms with E-state index in [0.717, 1.165) is 18.7 Å². The minimum atomic E-state index is -0.841. The number of pyridine rings is 1. The zero-order chi connectivity index (χ0) is 13.1. The molecule has 2 aromatic heterocycles. The summed E-state index contributed by atoms with van der Waals surface area (Å²) in [5.74, 6) is 0. The number of hydrogen-bond donors (Lipinski definition) is 1. The highest BCUT2D eigenvalue weighted by atomic mass is 35.5. The van der Waals surface area contributed by atoms with Crippen LogP contribution in [0.25, 0.3) is 0 Å². The van der Waals surface area contributed by atoms with Gasteiger partial charge in [-0.25, -0.2) is 0 Å². The van der Waals surface area contributed by atoms with Crippen LogP contribution >= 0.6 is 11.6 Å². The maximum atomic E-state index is 10.4. The number of nitrogens with zero attached hydrogens (tertiary/aromatic N) is 3. The predicted octanol–water partition coefficient (Wildman–Crippen LogP) is 2.73. The highest BCUT2D eigenvalue weighted by Gasteiger charge is 2.20. The molecular weight excluding hydrogens is 250 g/mol. The van der Waals surface area contributed by atoms with Gasteiger partial charge in [0.15, 0.2) is 0 Å². The van der Waals surface area contributed by atoms with Crippen molar-refractivity contribution in [2.24, 2.45) is 0 Å². The number of aliphatic hydroxyl groups is 1. The van der Waals surface area contributed by atoms with Crippen LogP contribution in [0.3, 0.4) is 0 Å². The molecule has 5 heteroatoms. The van der Waals surface area contributed by atoms with Crippen molar-refractivity contribution in [3.63, 3.8) is 0 Å². The van der Waals surface area contributed by atoms with E-state index in [0.29, 0.717) is 16.4 Å². The Morgan fingerprint density at radius 2 is 2.22 bits per heavy atom. The maximum absolute atomic E-state index is 10.4. The van der Waals surface area contributed by atoms with Gasteiger partial charge in [0.25, 0.3) is 0 Å². The van der Waals surface area contributed by atoms with Crippen molar-refractivity contribution < 1.29 is 5.11 Å². The van der Waals surface area contributed by atoms with Gasteiger partial charge in [-0.05, 0) is 25.5 Å². The second-order valence-corrected chi connectivity index (χ2v) is 4.61. The SMILES string of the molecule is CCCn1ncc(Cl)c1C(O)c1cccc(C)n1. The minimum Gasteiger partial charge on any atom is -0.380 e. The molecule has 1 unspecified atom stereocenters. The van der Waals surface area contributed by atoms with Gasteiger partial charge in [0.1, 0.15) is 6.10 Å². The van der Waals surface area contributed by atoms with Gasteiger partial charge in [-0.1, -0.05) is 24.6 Å². The van der Waals surface area contributed by atoms with Gasteiger partial charge >= 0.3 is 0 Å². The van der Waals surface area contributed by atoms with E-state index in [4.69, 9.17) is 11.6 Å². The second-order valence-electron chi connectivity index (χ2n) is 4.21. The fourth-order valence-electron chi connectivity index (χ4n) is 1.89. The van der Waals surface area contributed by atoms with Gasteiger partial charge in [-0.3, -0.25) is 9.67 Å². The van der Waals surface area contributed by atoms with Crippen molar-refractivity contribution >= 4 is 11.6 Å². The molecular formula is C13H16ClN3O. The first-order chi connectivity index (χ1) is 8.63. The molecule has 0 saturated heterocycles. The highest BCUT2D eigenvalue weighted by molar-refractivity contribution is 6.31. The number of aliphatic hydroxyl groups excluding tert-OH is 1. The first-order valence-electron chi connectivity index (χ1n) is 5.96. The second kappa shape index (κ2) is 5.50. The minimum absolute atomic E-state index is 0.472. The van der Waals surface area contributed by atoms with Crippen LogP contribution in [0.15, 0.2) is 24.4 Å². The average Bonchev–Trinajstić information content (AvgIpc) is 2.70. The van der Waals surface area contributed by atoms with Crippen molar-refractivity contribution in [3.8, 4) is 0 Å². The molecule has 4 nitrogen and oxygen atoms in total. The van der Waals surface area contributed by atoms with E-state index in [-0.39, 0.29) is 0 Å². The summed E-state index contributed by atoms with van der Waals surface area (Å²) in [7, 11) is 0. The van der Waals surface area contributed by atoms with Crippen LogP contribution in [0.2, 0.25) is 5.02 Å². The standard InChI is InChI=1S/C13H16ClN3O/c1-3-7-17-12(10(14)8-15-17)13(18)11-6-4-5-9(2)16-11/h4-6,8,13,18H,3,7H2,1-2H3. The van der Waals surface area contributed by atoms with Crippen LogP contribution in [0.1, 0.15) is 36.5 Å². The molecule has 0 fully saturated rings. The molecule has 0 amide bonds. The molecule has 0 aliphatic carbocycles. The number of rotatable bonds is 4. The Labute approximate surface area is 111 Å². The number of hydrogen-bond acceptors (Lipinski definition) is 3. The summed E-state index contributed by atoms with van der Waals surface area (Å²) in [5, 5.41) is 15.0. The molecule has 18 heavy (non-hydrogen) atoms. The number of aryl methyl sites for hydroxylation is 2. The molecule has 0 spiro atoms. The summed E-state index contributed by atoms with van der Waals surface area (Å²) in [6.07, 6.45) is 1.65. The van der Waals surface area contributed by atoms with Crippen molar-refractivity contribution in [2.75, 3.05) is 0 Å². The van der Waals surface area contributed by atoms with E-state index < -0.39 is 6.10 Å². The first-order valence-corrected chi connectivity index (χ1v) is 6.34. The van der Waals surface area contributed by atoms with Crippen molar-refractivity contribution in [1.82, 2.24) is 14.8 Å². The first kappa shape index (κ1) is 13.1. The third-order valence-electron chi connectivity index (χ3n) is 2.72. The monoisotopic (exact) mass is 265 g/mol. The fraction of sp³-hybridized carbons (Fsp3) is 0.385. The largest absolute Gasteiger partial charge is 0.380 e. The van der Waals surface area contributed by atoms with E-state index in [1.165, 1.54) is 0 Å². The molecule has 0 saturated carbocycles. The fourth-order valence-corrected chi connectivity index (χ4v) is 2.13. The average molecular weight is 266 g/mol. The van der Waals surface area contributed by atoms with Gasteiger partial charge in [-0.2, -0.15) is 5.10 Å². The van der Waals surface area contributed by atoms with Crippen LogP contribution < -0.4 is 0 Å².